The van der Waals surface area contributed by atoms with Gasteiger partial charge >= 0.3 is 12.0 Å². The third-order valence-corrected chi connectivity index (χ3v) is 2.64. The van der Waals surface area contributed by atoms with E-state index in [1.54, 1.807) is 4.68 Å². The first-order valence-electron chi connectivity index (χ1n) is 5.60. The van der Waals surface area contributed by atoms with Crippen LogP contribution in [0.5, 0.6) is 0 Å². The maximum atomic E-state index is 11.7. The van der Waals surface area contributed by atoms with Gasteiger partial charge < -0.3 is 10.4 Å². The van der Waals surface area contributed by atoms with Gasteiger partial charge in [0.25, 0.3) is 0 Å². The molecule has 0 spiro atoms. The van der Waals surface area contributed by atoms with Crippen LogP contribution in [0.25, 0.3) is 0 Å². The van der Waals surface area contributed by atoms with Gasteiger partial charge in [-0.1, -0.05) is 0 Å². The predicted octanol–water partition coefficient (Wildman–Crippen LogP) is -0.544. The highest BCUT2D eigenvalue weighted by Gasteiger charge is 2.28. The summed E-state index contributed by atoms with van der Waals surface area (Å²) in [6, 6.07) is 1.11. The van der Waals surface area contributed by atoms with Crippen molar-refractivity contribution in [3.63, 3.8) is 0 Å². The summed E-state index contributed by atoms with van der Waals surface area (Å²) < 4.78 is 1.55. The largest absolute Gasteiger partial charge is 0.481 e. The first kappa shape index (κ1) is 12.9. The Morgan fingerprint density at radius 3 is 2.79 bits per heavy atom. The van der Waals surface area contributed by atoms with Crippen molar-refractivity contribution in [2.24, 2.45) is 0 Å². The van der Waals surface area contributed by atoms with Crippen molar-refractivity contribution < 1.29 is 19.5 Å². The molecule has 0 aromatic carbocycles. The number of amides is 3. The van der Waals surface area contributed by atoms with Crippen molar-refractivity contribution in [1.29, 1.82) is 0 Å². The number of anilines is 2. The van der Waals surface area contributed by atoms with Crippen molar-refractivity contribution in [2.45, 2.75) is 13.0 Å². The highest BCUT2D eigenvalue weighted by Crippen LogP contribution is 2.25. The molecule has 2 heterocycles. The number of nitrogens with zero attached hydrogens (tertiary/aromatic N) is 3. The van der Waals surface area contributed by atoms with Crippen LogP contribution in [0.1, 0.15) is 6.42 Å². The van der Waals surface area contributed by atoms with E-state index in [0.29, 0.717) is 24.7 Å². The van der Waals surface area contributed by atoms with Gasteiger partial charge in [-0.05, 0) is 0 Å². The van der Waals surface area contributed by atoms with Crippen LogP contribution >= 0.6 is 0 Å². The number of hydrogen-bond acceptors (Lipinski definition) is 4. The standard InChI is InChI=1S/C10H13N5O4/c1-11-10(19)12-6-4-7-14(2-3-15(7)13-6)8(16)5-9(17)18/h4H,2-3,5H2,1H3,(H,17,18)(H2,11,12,13,19). The van der Waals surface area contributed by atoms with E-state index in [4.69, 9.17) is 5.11 Å². The molecule has 0 bridgehead atoms. The van der Waals surface area contributed by atoms with Crippen LogP contribution in [0.15, 0.2) is 6.07 Å². The summed E-state index contributed by atoms with van der Waals surface area (Å²) in [6.45, 7) is 0.852. The Kier molecular flexibility index (Phi) is 3.36. The maximum absolute atomic E-state index is 11.7. The number of carbonyl (C=O) groups excluding carboxylic acids is 2. The van der Waals surface area contributed by atoms with Crippen molar-refractivity contribution in [3.8, 4) is 0 Å². The highest BCUT2D eigenvalue weighted by molar-refractivity contribution is 6.03. The van der Waals surface area contributed by atoms with Crippen LogP contribution < -0.4 is 15.5 Å². The second-order valence-electron chi connectivity index (χ2n) is 3.93. The minimum Gasteiger partial charge on any atom is -0.481 e. The lowest BCUT2D eigenvalue weighted by Crippen LogP contribution is -2.30. The van der Waals surface area contributed by atoms with Crippen molar-refractivity contribution >= 4 is 29.5 Å². The van der Waals surface area contributed by atoms with Crippen molar-refractivity contribution in [2.75, 3.05) is 23.8 Å². The summed E-state index contributed by atoms with van der Waals surface area (Å²) in [5.74, 6) is -0.885. The van der Waals surface area contributed by atoms with Gasteiger partial charge in [0.15, 0.2) is 5.82 Å². The number of urea groups is 1. The fourth-order valence-corrected chi connectivity index (χ4v) is 1.82. The number of carboxylic acids is 1. The molecule has 9 heteroatoms. The summed E-state index contributed by atoms with van der Waals surface area (Å²) in [7, 11) is 1.47. The summed E-state index contributed by atoms with van der Waals surface area (Å²) in [4.78, 5) is 34.7. The molecule has 0 radical (unpaired) electrons. The molecule has 3 N–H and O–H groups in total. The lowest BCUT2D eigenvalue weighted by Gasteiger charge is -2.12. The minimum absolute atomic E-state index is 0.308. The molecule has 19 heavy (non-hydrogen) atoms. The van der Waals surface area contributed by atoms with Gasteiger partial charge in [0.1, 0.15) is 12.2 Å². The molecule has 0 atom stereocenters. The first-order valence-corrected chi connectivity index (χ1v) is 5.60. The van der Waals surface area contributed by atoms with E-state index in [2.05, 4.69) is 15.7 Å². The van der Waals surface area contributed by atoms with Crippen molar-refractivity contribution in [3.05, 3.63) is 6.07 Å². The third kappa shape index (κ3) is 2.64. The zero-order valence-corrected chi connectivity index (χ0v) is 10.2. The molecular formula is C10H13N5O4. The Morgan fingerprint density at radius 2 is 2.16 bits per heavy atom. The monoisotopic (exact) mass is 267 g/mol. The van der Waals surface area contributed by atoms with Crippen LogP contribution in [0.2, 0.25) is 0 Å². The first-order chi connectivity index (χ1) is 9.01. The molecule has 1 aliphatic heterocycles. The van der Waals surface area contributed by atoms with Gasteiger partial charge in [0, 0.05) is 19.7 Å². The summed E-state index contributed by atoms with van der Waals surface area (Å²) in [5, 5.41) is 17.6. The van der Waals surface area contributed by atoms with E-state index in [0.717, 1.165) is 0 Å². The molecular weight excluding hydrogens is 254 g/mol. The Hall–Kier alpha value is -2.58. The fourth-order valence-electron chi connectivity index (χ4n) is 1.82. The van der Waals surface area contributed by atoms with Crippen LogP contribution in [-0.2, 0) is 16.1 Å². The van der Waals surface area contributed by atoms with E-state index < -0.39 is 24.3 Å². The average molecular weight is 267 g/mol. The molecule has 2 rings (SSSR count). The number of hydrogen-bond donors (Lipinski definition) is 3. The SMILES string of the molecule is CNC(=O)Nc1cc2n(n1)CCN2C(=O)CC(=O)O. The number of carboxylic acid groups (broad SMARTS) is 1. The lowest BCUT2D eigenvalue weighted by molar-refractivity contribution is -0.140. The summed E-state index contributed by atoms with van der Waals surface area (Å²) in [6.07, 6.45) is -0.566. The average Bonchev–Trinajstić information content (AvgIpc) is 2.86. The smallest absolute Gasteiger partial charge is 0.320 e. The number of aromatic nitrogens is 2. The topological polar surface area (TPSA) is 117 Å². The molecule has 0 saturated carbocycles. The van der Waals surface area contributed by atoms with Gasteiger partial charge in [-0.25, -0.2) is 9.48 Å². The molecule has 0 unspecified atom stereocenters. The van der Waals surface area contributed by atoms with E-state index >= 15 is 0 Å². The van der Waals surface area contributed by atoms with Gasteiger partial charge in [-0.3, -0.25) is 19.8 Å². The molecule has 3 amide bonds. The second-order valence-corrected chi connectivity index (χ2v) is 3.93. The molecule has 0 saturated heterocycles. The number of fused-ring (bicyclic) bond motifs is 1. The van der Waals surface area contributed by atoms with Gasteiger partial charge in [0.2, 0.25) is 5.91 Å². The Bertz CT molecular complexity index is 538. The number of carbonyl (C=O) groups is 3. The number of aliphatic carboxylic acids is 1. The van der Waals surface area contributed by atoms with E-state index in [1.165, 1.54) is 18.0 Å². The molecule has 1 aliphatic rings. The number of rotatable bonds is 3. The lowest BCUT2D eigenvalue weighted by atomic mass is 10.3. The van der Waals surface area contributed by atoms with Crippen LogP contribution in [0.4, 0.5) is 16.4 Å². The van der Waals surface area contributed by atoms with Gasteiger partial charge in [-0.2, -0.15) is 5.10 Å². The summed E-state index contributed by atoms with van der Waals surface area (Å²) >= 11 is 0. The molecule has 102 valence electrons. The normalized spacial score (nSPS) is 13.0. The van der Waals surface area contributed by atoms with Crippen LogP contribution in [0.3, 0.4) is 0 Å². The molecule has 1 aromatic rings. The molecule has 9 nitrogen and oxygen atoms in total. The van der Waals surface area contributed by atoms with Crippen molar-refractivity contribution in [1.82, 2.24) is 15.1 Å². The zero-order chi connectivity index (χ0) is 14.0. The predicted molar refractivity (Wildman–Crippen MR) is 64.9 cm³/mol. The Labute approximate surface area is 108 Å². The third-order valence-electron chi connectivity index (χ3n) is 2.64. The van der Waals surface area contributed by atoms with Crippen LogP contribution in [-0.4, -0.2) is 46.4 Å². The second kappa shape index (κ2) is 4.96. The maximum Gasteiger partial charge on any atom is 0.320 e. The fraction of sp³-hybridized carbons (Fsp3) is 0.400. The minimum atomic E-state index is -1.17. The molecule has 1 aromatic heterocycles. The van der Waals surface area contributed by atoms with Crippen LogP contribution in [0, 0.1) is 0 Å². The Balaban J connectivity index is 2.13. The highest BCUT2D eigenvalue weighted by atomic mass is 16.4. The van der Waals surface area contributed by atoms with E-state index in [9.17, 15) is 14.4 Å². The summed E-state index contributed by atoms with van der Waals surface area (Å²) in [5.41, 5.74) is 0. The van der Waals surface area contributed by atoms with Gasteiger partial charge in [0.05, 0.1) is 6.54 Å². The number of nitrogens with one attached hydrogen (secondary N) is 2. The van der Waals surface area contributed by atoms with E-state index in [1.807, 2.05) is 0 Å². The Morgan fingerprint density at radius 1 is 1.42 bits per heavy atom. The molecule has 0 aliphatic carbocycles. The quantitative estimate of drug-likeness (QED) is 0.636. The van der Waals surface area contributed by atoms with Gasteiger partial charge in [-0.15, -0.1) is 0 Å². The zero-order valence-electron chi connectivity index (χ0n) is 10.2. The molecule has 0 fully saturated rings. The van der Waals surface area contributed by atoms with E-state index in [-0.39, 0.29) is 0 Å².